The third-order valence-electron chi connectivity index (χ3n) is 1.89. The number of carboxylic acid groups (broad SMARTS) is 2. The van der Waals surface area contributed by atoms with E-state index in [0.717, 1.165) is 18.9 Å². The molecule has 1 rings (SSSR count). The highest BCUT2D eigenvalue weighted by Gasteiger charge is 2.17. The maximum Gasteiger partial charge on any atom is 0.336 e. The van der Waals surface area contributed by atoms with Gasteiger partial charge in [-0.1, -0.05) is 6.08 Å². The number of aliphatic carboxylic acids is 2. The first-order valence-electron chi connectivity index (χ1n) is 3.98. The molecule has 0 radical (unpaired) electrons. The van der Waals surface area contributed by atoms with Crippen LogP contribution in [0.2, 0.25) is 0 Å². The molecule has 0 aromatic rings. The maximum atomic E-state index is 10.6. The molecule has 0 saturated carbocycles. The Bertz CT molecular complexity index is 299. The van der Waals surface area contributed by atoms with E-state index in [2.05, 4.69) is 0 Å². The Morgan fingerprint density at radius 3 is 2.46 bits per heavy atom. The van der Waals surface area contributed by atoms with Crippen LogP contribution in [0.3, 0.4) is 0 Å². The first-order valence-corrected chi connectivity index (χ1v) is 3.98. The minimum atomic E-state index is -1.22. The summed E-state index contributed by atoms with van der Waals surface area (Å²) in [6, 6.07) is 0. The molecule has 2 N–H and O–H groups in total. The summed E-state index contributed by atoms with van der Waals surface area (Å²) >= 11 is 0. The molecule has 13 heavy (non-hydrogen) atoms. The molecule has 0 saturated heterocycles. The van der Waals surface area contributed by atoms with Gasteiger partial charge in [-0.15, -0.1) is 0 Å². The fourth-order valence-electron chi connectivity index (χ4n) is 1.33. The monoisotopic (exact) mass is 182 g/mol. The van der Waals surface area contributed by atoms with Crippen LogP contribution in [0.15, 0.2) is 23.3 Å². The van der Waals surface area contributed by atoms with E-state index < -0.39 is 11.9 Å². The van der Waals surface area contributed by atoms with Gasteiger partial charge in [0.15, 0.2) is 0 Å². The Hall–Kier alpha value is -1.58. The summed E-state index contributed by atoms with van der Waals surface area (Å²) in [6.45, 7) is 0. The van der Waals surface area contributed by atoms with E-state index in [1.165, 1.54) is 0 Å². The largest absolute Gasteiger partial charge is 0.478 e. The number of hydrogen-bond acceptors (Lipinski definition) is 2. The molecule has 4 nitrogen and oxygen atoms in total. The van der Waals surface area contributed by atoms with Crippen LogP contribution in [0.25, 0.3) is 0 Å². The average molecular weight is 182 g/mol. The van der Waals surface area contributed by atoms with E-state index in [0.29, 0.717) is 12.0 Å². The maximum absolute atomic E-state index is 10.6. The van der Waals surface area contributed by atoms with Crippen LogP contribution in [-0.2, 0) is 9.59 Å². The molecule has 0 amide bonds. The third kappa shape index (κ3) is 2.43. The number of carboxylic acids is 2. The lowest BCUT2D eigenvalue weighted by molar-refractivity contribution is -0.134. The van der Waals surface area contributed by atoms with E-state index in [9.17, 15) is 9.59 Å². The summed E-state index contributed by atoms with van der Waals surface area (Å²) in [5.41, 5.74) is 0.542. The highest BCUT2D eigenvalue weighted by atomic mass is 16.4. The lowest BCUT2D eigenvalue weighted by Crippen LogP contribution is -2.05. The minimum Gasteiger partial charge on any atom is -0.478 e. The highest BCUT2D eigenvalue weighted by molar-refractivity contribution is 5.98. The number of carbonyl (C=O) groups is 2. The standard InChI is InChI=1S/C9H10O4/c10-8(11)5-7(9(12)13)6-3-1-2-4-6/h3,5H,1-2,4H2,(H,10,11)(H,12,13). The summed E-state index contributed by atoms with van der Waals surface area (Å²) in [5.74, 6) is -2.39. The molecule has 0 aliphatic heterocycles. The quantitative estimate of drug-likeness (QED) is 0.643. The van der Waals surface area contributed by atoms with Gasteiger partial charge in [0.1, 0.15) is 0 Å². The smallest absolute Gasteiger partial charge is 0.336 e. The molecule has 0 atom stereocenters. The normalized spacial score (nSPS) is 16.9. The summed E-state index contributed by atoms with van der Waals surface area (Å²) in [4.78, 5) is 21.0. The second-order valence-electron chi connectivity index (χ2n) is 2.82. The van der Waals surface area contributed by atoms with E-state index >= 15 is 0 Å². The van der Waals surface area contributed by atoms with Crippen molar-refractivity contribution in [1.82, 2.24) is 0 Å². The van der Waals surface area contributed by atoms with Crippen molar-refractivity contribution in [2.45, 2.75) is 19.3 Å². The molecule has 70 valence electrons. The zero-order valence-electron chi connectivity index (χ0n) is 6.99. The number of rotatable bonds is 3. The molecule has 0 unspecified atom stereocenters. The van der Waals surface area contributed by atoms with Crippen molar-refractivity contribution in [3.63, 3.8) is 0 Å². The van der Waals surface area contributed by atoms with Crippen LogP contribution in [0.1, 0.15) is 19.3 Å². The van der Waals surface area contributed by atoms with Gasteiger partial charge < -0.3 is 10.2 Å². The van der Waals surface area contributed by atoms with Crippen LogP contribution >= 0.6 is 0 Å². The summed E-state index contributed by atoms with van der Waals surface area (Å²) < 4.78 is 0. The number of hydrogen-bond donors (Lipinski definition) is 2. The molecule has 0 heterocycles. The third-order valence-corrected chi connectivity index (χ3v) is 1.89. The van der Waals surface area contributed by atoms with Gasteiger partial charge in [0.25, 0.3) is 0 Å². The molecule has 0 bridgehead atoms. The molecule has 0 fully saturated rings. The van der Waals surface area contributed by atoms with Gasteiger partial charge in [-0.25, -0.2) is 9.59 Å². The minimum absolute atomic E-state index is 0.0926. The molecule has 0 aromatic carbocycles. The Kier molecular flexibility index (Phi) is 2.84. The average Bonchev–Trinajstić information content (AvgIpc) is 2.50. The predicted molar refractivity (Wildman–Crippen MR) is 45.3 cm³/mol. The first kappa shape index (κ1) is 9.51. The van der Waals surface area contributed by atoms with E-state index in [4.69, 9.17) is 10.2 Å². The summed E-state index contributed by atoms with van der Waals surface area (Å²) in [7, 11) is 0. The van der Waals surface area contributed by atoms with Gasteiger partial charge in [-0.05, 0) is 24.8 Å². The van der Waals surface area contributed by atoms with Crippen LogP contribution in [-0.4, -0.2) is 22.2 Å². The predicted octanol–water partition coefficient (Wildman–Crippen LogP) is 1.19. The Balaban J connectivity index is 2.91. The van der Waals surface area contributed by atoms with Gasteiger partial charge in [0, 0.05) is 6.08 Å². The van der Waals surface area contributed by atoms with Crippen molar-refractivity contribution in [2.75, 3.05) is 0 Å². The molecular formula is C9H10O4. The van der Waals surface area contributed by atoms with E-state index in [1.54, 1.807) is 6.08 Å². The Morgan fingerprint density at radius 2 is 2.08 bits per heavy atom. The zero-order chi connectivity index (χ0) is 9.84. The molecular weight excluding hydrogens is 172 g/mol. The lowest BCUT2D eigenvalue weighted by Gasteiger charge is -2.00. The van der Waals surface area contributed by atoms with Crippen molar-refractivity contribution < 1.29 is 19.8 Å². The Labute approximate surface area is 75.2 Å². The van der Waals surface area contributed by atoms with Crippen molar-refractivity contribution in [1.29, 1.82) is 0 Å². The fourth-order valence-corrected chi connectivity index (χ4v) is 1.33. The van der Waals surface area contributed by atoms with Gasteiger partial charge in [-0.3, -0.25) is 0 Å². The van der Waals surface area contributed by atoms with Crippen molar-refractivity contribution in [3.05, 3.63) is 23.3 Å². The zero-order valence-corrected chi connectivity index (χ0v) is 6.99. The molecule has 1 aliphatic rings. The number of allylic oxidation sites excluding steroid dienone is 1. The van der Waals surface area contributed by atoms with Gasteiger partial charge in [0.05, 0.1) is 5.57 Å². The molecule has 4 heteroatoms. The van der Waals surface area contributed by atoms with Gasteiger partial charge >= 0.3 is 11.9 Å². The summed E-state index contributed by atoms with van der Waals surface area (Å²) in [6.07, 6.45) is 4.92. The molecule has 0 spiro atoms. The van der Waals surface area contributed by atoms with Crippen LogP contribution < -0.4 is 0 Å². The fraction of sp³-hybridized carbons (Fsp3) is 0.333. The first-order chi connectivity index (χ1) is 6.11. The van der Waals surface area contributed by atoms with Crippen molar-refractivity contribution in [3.8, 4) is 0 Å². The second-order valence-corrected chi connectivity index (χ2v) is 2.82. The molecule has 0 aromatic heterocycles. The SMILES string of the molecule is O=C(O)C=C(C(=O)O)C1=CCCC1. The van der Waals surface area contributed by atoms with E-state index in [1.807, 2.05) is 0 Å². The molecule has 1 aliphatic carbocycles. The van der Waals surface area contributed by atoms with Crippen molar-refractivity contribution >= 4 is 11.9 Å². The Morgan fingerprint density at radius 1 is 1.38 bits per heavy atom. The second kappa shape index (κ2) is 3.89. The van der Waals surface area contributed by atoms with Gasteiger partial charge in [0.2, 0.25) is 0 Å². The summed E-state index contributed by atoms with van der Waals surface area (Å²) in [5, 5.41) is 17.1. The van der Waals surface area contributed by atoms with E-state index in [-0.39, 0.29) is 5.57 Å². The van der Waals surface area contributed by atoms with Crippen LogP contribution in [0.5, 0.6) is 0 Å². The lowest BCUT2D eigenvalue weighted by atomic mass is 10.1. The van der Waals surface area contributed by atoms with Crippen molar-refractivity contribution in [2.24, 2.45) is 0 Å². The van der Waals surface area contributed by atoms with Gasteiger partial charge in [-0.2, -0.15) is 0 Å². The van der Waals surface area contributed by atoms with Crippen LogP contribution in [0.4, 0.5) is 0 Å². The highest BCUT2D eigenvalue weighted by Crippen LogP contribution is 2.24. The van der Waals surface area contributed by atoms with Crippen LogP contribution in [0, 0.1) is 0 Å². The topological polar surface area (TPSA) is 74.6 Å².